The number of nitrogens with two attached hydrogens (primary N) is 2. The molecule has 0 saturated heterocycles. The number of unbranched alkanes of at least 4 members (excludes halogenated alkanes) is 1. The molecule has 2 heteroatoms. The molecule has 0 aromatic heterocycles. The molecular formula is C10H22N2. The molecule has 4 N–H and O–H groups in total. The zero-order valence-corrected chi connectivity index (χ0v) is 8.51. The Hall–Kier alpha value is -0.340. The molecule has 72 valence electrons. The maximum atomic E-state index is 5.56. The van der Waals surface area contributed by atoms with Gasteiger partial charge in [0.2, 0.25) is 0 Å². The third kappa shape index (κ3) is 5.33. The lowest BCUT2D eigenvalue weighted by atomic mass is 9.99. The lowest BCUT2D eigenvalue weighted by Gasteiger charge is -2.15. The van der Waals surface area contributed by atoms with Gasteiger partial charge in [-0.25, -0.2) is 0 Å². The van der Waals surface area contributed by atoms with Crippen molar-refractivity contribution in [2.45, 2.75) is 46.2 Å². The van der Waals surface area contributed by atoms with Gasteiger partial charge in [0, 0.05) is 0 Å². The molecule has 0 saturated carbocycles. The molecule has 0 aromatic carbocycles. The Morgan fingerprint density at radius 1 is 1.42 bits per heavy atom. The fourth-order valence-electron chi connectivity index (χ4n) is 1.12. The molecular weight excluding hydrogens is 148 g/mol. The molecule has 12 heavy (non-hydrogen) atoms. The summed E-state index contributed by atoms with van der Waals surface area (Å²) in [6.07, 6.45) is 5.49. The summed E-state index contributed by atoms with van der Waals surface area (Å²) in [7, 11) is 0. The first-order valence-corrected chi connectivity index (χ1v) is 4.74. The first kappa shape index (κ1) is 11.7. The van der Waals surface area contributed by atoms with Crippen LogP contribution in [0.3, 0.4) is 0 Å². The zero-order chi connectivity index (χ0) is 9.56. The van der Waals surface area contributed by atoms with Gasteiger partial charge in [0.05, 0.1) is 6.17 Å². The van der Waals surface area contributed by atoms with Gasteiger partial charge in [-0.15, -0.1) is 0 Å². The highest BCUT2D eigenvalue weighted by atomic mass is 14.9. The van der Waals surface area contributed by atoms with Gasteiger partial charge in [0.15, 0.2) is 0 Å². The van der Waals surface area contributed by atoms with Crippen LogP contribution >= 0.6 is 0 Å². The number of hydrogen-bond donors (Lipinski definition) is 2. The molecule has 1 unspecified atom stereocenters. The number of hydrogen-bond acceptors (Lipinski definition) is 2. The van der Waals surface area contributed by atoms with Crippen molar-refractivity contribution in [2.75, 3.05) is 0 Å². The lowest BCUT2D eigenvalue weighted by Crippen LogP contribution is -2.37. The Labute approximate surface area is 76.0 Å². The Kier molecular flexibility index (Phi) is 6.03. The standard InChI is InChI=1S/C10H22N2/c1-4-5-6-8(2)7-9(3)10(11)12/h6,9-10H,4-5,7,11-12H2,1-3H3. The van der Waals surface area contributed by atoms with Gasteiger partial charge in [-0.1, -0.05) is 31.9 Å². The van der Waals surface area contributed by atoms with Crippen molar-refractivity contribution < 1.29 is 0 Å². The summed E-state index contributed by atoms with van der Waals surface area (Å²) in [4.78, 5) is 0. The fourth-order valence-corrected chi connectivity index (χ4v) is 1.12. The van der Waals surface area contributed by atoms with Gasteiger partial charge in [-0.3, -0.25) is 0 Å². The van der Waals surface area contributed by atoms with E-state index >= 15 is 0 Å². The second-order valence-corrected chi connectivity index (χ2v) is 3.60. The molecule has 1 atom stereocenters. The summed E-state index contributed by atoms with van der Waals surface area (Å²) in [5.74, 6) is 0.387. The molecule has 0 aromatic rings. The van der Waals surface area contributed by atoms with Crippen molar-refractivity contribution in [2.24, 2.45) is 17.4 Å². The minimum absolute atomic E-state index is 0.185. The average Bonchev–Trinajstić information content (AvgIpc) is 2.00. The van der Waals surface area contributed by atoms with Crippen LogP contribution in [0, 0.1) is 5.92 Å². The van der Waals surface area contributed by atoms with Crippen LogP contribution in [0.2, 0.25) is 0 Å². The Balaban J connectivity index is 3.74. The molecule has 0 radical (unpaired) electrons. The second-order valence-electron chi connectivity index (χ2n) is 3.60. The van der Waals surface area contributed by atoms with Crippen LogP contribution in [0.5, 0.6) is 0 Å². The molecule has 0 bridgehead atoms. The van der Waals surface area contributed by atoms with Gasteiger partial charge in [0.1, 0.15) is 0 Å². The molecule has 0 heterocycles. The van der Waals surface area contributed by atoms with Crippen molar-refractivity contribution in [3.8, 4) is 0 Å². The van der Waals surface area contributed by atoms with Gasteiger partial charge >= 0.3 is 0 Å². The van der Waals surface area contributed by atoms with Crippen LogP contribution in [0.25, 0.3) is 0 Å². The molecule has 0 fully saturated rings. The van der Waals surface area contributed by atoms with Crippen molar-refractivity contribution in [3.63, 3.8) is 0 Å². The zero-order valence-electron chi connectivity index (χ0n) is 8.51. The Morgan fingerprint density at radius 2 is 2.00 bits per heavy atom. The van der Waals surface area contributed by atoms with Crippen molar-refractivity contribution in [3.05, 3.63) is 11.6 Å². The van der Waals surface area contributed by atoms with Gasteiger partial charge in [0.25, 0.3) is 0 Å². The minimum Gasteiger partial charge on any atom is -0.316 e. The van der Waals surface area contributed by atoms with E-state index in [1.165, 1.54) is 18.4 Å². The van der Waals surface area contributed by atoms with Crippen LogP contribution in [0.15, 0.2) is 11.6 Å². The van der Waals surface area contributed by atoms with E-state index < -0.39 is 0 Å². The predicted octanol–water partition coefficient (Wildman–Crippen LogP) is 2.00. The quantitative estimate of drug-likeness (QED) is 0.490. The van der Waals surface area contributed by atoms with Crippen LogP contribution in [0.1, 0.15) is 40.0 Å². The van der Waals surface area contributed by atoms with Crippen molar-refractivity contribution in [1.82, 2.24) is 0 Å². The van der Waals surface area contributed by atoms with Crippen LogP contribution in [0.4, 0.5) is 0 Å². The van der Waals surface area contributed by atoms with Gasteiger partial charge in [-0.05, 0) is 25.7 Å². The summed E-state index contributed by atoms with van der Waals surface area (Å²) < 4.78 is 0. The highest BCUT2D eigenvalue weighted by Gasteiger charge is 2.07. The van der Waals surface area contributed by atoms with Crippen molar-refractivity contribution in [1.29, 1.82) is 0 Å². The largest absolute Gasteiger partial charge is 0.316 e. The summed E-state index contributed by atoms with van der Waals surface area (Å²) in [6, 6.07) is 0. The smallest absolute Gasteiger partial charge is 0.0550 e. The predicted molar refractivity (Wildman–Crippen MR) is 54.6 cm³/mol. The molecule has 0 rings (SSSR count). The van der Waals surface area contributed by atoms with E-state index in [4.69, 9.17) is 11.5 Å². The SMILES string of the molecule is CCCC=C(C)CC(C)C(N)N. The van der Waals surface area contributed by atoms with E-state index in [1.54, 1.807) is 0 Å². The van der Waals surface area contributed by atoms with Gasteiger partial charge < -0.3 is 11.5 Å². The molecule has 0 aliphatic rings. The first-order chi connectivity index (χ1) is 5.57. The lowest BCUT2D eigenvalue weighted by molar-refractivity contribution is 0.462. The second kappa shape index (κ2) is 6.21. The van der Waals surface area contributed by atoms with Crippen molar-refractivity contribution >= 4 is 0 Å². The summed E-state index contributed by atoms with van der Waals surface area (Å²) in [5.41, 5.74) is 12.5. The third-order valence-corrected chi connectivity index (χ3v) is 2.08. The highest BCUT2D eigenvalue weighted by Crippen LogP contribution is 2.12. The van der Waals surface area contributed by atoms with E-state index in [0.717, 1.165) is 6.42 Å². The normalized spacial score (nSPS) is 15.3. The van der Waals surface area contributed by atoms with E-state index in [1.807, 2.05) is 0 Å². The number of rotatable bonds is 5. The van der Waals surface area contributed by atoms with E-state index in [2.05, 4.69) is 26.8 Å². The molecule has 2 nitrogen and oxygen atoms in total. The summed E-state index contributed by atoms with van der Waals surface area (Å²) >= 11 is 0. The topological polar surface area (TPSA) is 52.0 Å². The van der Waals surface area contributed by atoms with E-state index in [-0.39, 0.29) is 6.17 Å². The minimum atomic E-state index is -0.185. The van der Waals surface area contributed by atoms with Gasteiger partial charge in [-0.2, -0.15) is 0 Å². The fraction of sp³-hybridized carbons (Fsp3) is 0.800. The summed E-state index contributed by atoms with van der Waals surface area (Å²) in [5, 5.41) is 0. The highest BCUT2D eigenvalue weighted by molar-refractivity contribution is 4.99. The maximum absolute atomic E-state index is 5.56. The monoisotopic (exact) mass is 170 g/mol. The van der Waals surface area contributed by atoms with E-state index in [0.29, 0.717) is 5.92 Å². The molecule has 0 aliphatic heterocycles. The molecule has 0 amide bonds. The van der Waals surface area contributed by atoms with E-state index in [9.17, 15) is 0 Å². The summed E-state index contributed by atoms with van der Waals surface area (Å²) in [6.45, 7) is 6.42. The molecule has 0 spiro atoms. The van der Waals surface area contributed by atoms with Crippen LogP contribution < -0.4 is 11.5 Å². The average molecular weight is 170 g/mol. The van der Waals surface area contributed by atoms with Crippen LogP contribution in [-0.4, -0.2) is 6.17 Å². The van der Waals surface area contributed by atoms with Crippen LogP contribution in [-0.2, 0) is 0 Å². The Bertz CT molecular complexity index is 139. The third-order valence-electron chi connectivity index (χ3n) is 2.08. The molecule has 0 aliphatic carbocycles. The first-order valence-electron chi connectivity index (χ1n) is 4.74. The maximum Gasteiger partial charge on any atom is 0.0550 e. The number of allylic oxidation sites excluding steroid dienone is 2. The Morgan fingerprint density at radius 3 is 2.42 bits per heavy atom.